The van der Waals surface area contributed by atoms with Crippen LogP contribution in [0.4, 0.5) is 0 Å². The first kappa shape index (κ1) is 15.2. The minimum absolute atomic E-state index is 0.162. The highest BCUT2D eigenvalue weighted by molar-refractivity contribution is 7.91. The zero-order valence-corrected chi connectivity index (χ0v) is 14.0. The quantitative estimate of drug-likeness (QED) is 0.841. The monoisotopic (exact) mass is 342 g/mol. The van der Waals surface area contributed by atoms with E-state index in [0.29, 0.717) is 17.3 Å². The molecule has 1 fully saturated rings. The summed E-state index contributed by atoms with van der Waals surface area (Å²) < 4.78 is 27.8. The lowest BCUT2D eigenvalue weighted by atomic mass is 10.3. The second-order valence-electron chi connectivity index (χ2n) is 5.17. The normalized spacial score (nSPS) is 15.7. The van der Waals surface area contributed by atoms with E-state index >= 15 is 0 Å². The van der Waals surface area contributed by atoms with Crippen molar-refractivity contribution in [2.75, 3.05) is 6.54 Å². The van der Waals surface area contributed by atoms with Gasteiger partial charge in [0.1, 0.15) is 4.21 Å². The Morgan fingerprint density at radius 2 is 2.10 bits per heavy atom. The fourth-order valence-corrected chi connectivity index (χ4v) is 6.06. The number of hydrogen-bond acceptors (Lipinski definition) is 5. The molecule has 2 aromatic heterocycles. The van der Waals surface area contributed by atoms with E-state index in [-0.39, 0.29) is 6.04 Å². The maximum Gasteiger partial charge on any atom is 0.253 e. The third kappa shape index (κ3) is 3.37. The van der Waals surface area contributed by atoms with Crippen LogP contribution in [-0.4, -0.2) is 25.3 Å². The van der Waals surface area contributed by atoms with Crippen molar-refractivity contribution in [3.8, 4) is 0 Å². The Morgan fingerprint density at radius 3 is 2.71 bits per heavy atom. The number of rotatable bonds is 7. The minimum atomic E-state index is -3.40. The molecule has 0 spiro atoms. The highest BCUT2D eigenvalue weighted by Gasteiger charge is 2.38. The topological polar surface area (TPSA) is 63.4 Å². The van der Waals surface area contributed by atoms with Crippen LogP contribution in [0.15, 0.2) is 33.2 Å². The summed E-state index contributed by atoms with van der Waals surface area (Å²) in [7, 11) is -3.40. The smallest absolute Gasteiger partial charge is 0.253 e. The number of nitrogens with zero attached hydrogens (tertiary/aromatic N) is 1. The van der Waals surface area contributed by atoms with Crippen molar-refractivity contribution in [2.45, 2.75) is 36.1 Å². The van der Waals surface area contributed by atoms with Crippen molar-refractivity contribution < 1.29 is 8.42 Å². The first-order valence-electron chi connectivity index (χ1n) is 6.93. The van der Waals surface area contributed by atoms with Crippen LogP contribution in [0.3, 0.4) is 0 Å². The Morgan fingerprint density at radius 1 is 1.29 bits per heavy atom. The number of sulfonamides is 1. The zero-order valence-electron chi connectivity index (χ0n) is 11.6. The summed E-state index contributed by atoms with van der Waals surface area (Å²) in [4.78, 5) is 1.03. The van der Waals surface area contributed by atoms with Gasteiger partial charge < -0.3 is 5.73 Å². The van der Waals surface area contributed by atoms with Crippen molar-refractivity contribution in [2.24, 2.45) is 5.73 Å². The summed E-state index contributed by atoms with van der Waals surface area (Å²) >= 11 is 2.94. The van der Waals surface area contributed by atoms with Gasteiger partial charge in [0.05, 0.1) is 0 Å². The third-order valence-corrected chi connectivity index (χ3v) is 7.71. The van der Waals surface area contributed by atoms with Gasteiger partial charge >= 0.3 is 0 Å². The van der Waals surface area contributed by atoms with Crippen molar-refractivity contribution in [3.05, 3.63) is 39.4 Å². The van der Waals surface area contributed by atoms with Gasteiger partial charge in [-0.1, -0.05) is 0 Å². The number of nitrogens with two attached hydrogens (primary N) is 1. The highest BCUT2D eigenvalue weighted by atomic mass is 32.2. The van der Waals surface area contributed by atoms with E-state index in [9.17, 15) is 8.42 Å². The molecule has 0 unspecified atom stereocenters. The van der Waals surface area contributed by atoms with E-state index in [1.54, 1.807) is 21.7 Å². The Bertz CT molecular complexity index is 688. The lowest BCUT2D eigenvalue weighted by Gasteiger charge is -2.20. The SMILES string of the molecule is NCCc1ccc(S(=O)(=O)N(Cc2ccsc2)C2CC2)s1. The molecule has 0 radical (unpaired) electrons. The fraction of sp³-hybridized carbons (Fsp3) is 0.429. The molecule has 4 nitrogen and oxygen atoms in total. The standard InChI is InChI=1S/C14H18N2O2S3/c15-7-5-13-3-4-14(20-13)21(17,18)16(12-1-2-12)9-11-6-8-19-10-11/h3-4,6,8,10,12H,1-2,5,7,9,15H2. The molecule has 0 aromatic carbocycles. The lowest BCUT2D eigenvalue weighted by molar-refractivity contribution is 0.400. The molecule has 2 N–H and O–H groups in total. The van der Waals surface area contributed by atoms with Gasteiger partial charge in [0.25, 0.3) is 10.0 Å². The summed E-state index contributed by atoms with van der Waals surface area (Å²) in [5.74, 6) is 0. The molecule has 7 heteroatoms. The first-order valence-corrected chi connectivity index (χ1v) is 10.1. The molecule has 2 aromatic rings. The Kier molecular flexibility index (Phi) is 4.46. The van der Waals surface area contributed by atoms with Crippen LogP contribution in [0, 0.1) is 0 Å². The second kappa shape index (κ2) is 6.18. The maximum absolute atomic E-state index is 12.9. The lowest BCUT2D eigenvalue weighted by Crippen LogP contribution is -2.32. The summed E-state index contributed by atoms with van der Waals surface area (Å²) in [6.45, 7) is 1.02. The fourth-order valence-electron chi connectivity index (χ4n) is 2.22. The Balaban J connectivity index is 1.85. The molecule has 2 heterocycles. The van der Waals surface area contributed by atoms with E-state index in [0.717, 1.165) is 29.7 Å². The average molecular weight is 343 g/mol. The van der Waals surface area contributed by atoms with Crippen LogP contribution >= 0.6 is 22.7 Å². The summed E-state index contributed by atoms with van der Waals surface area (Å²) in [6, 6.07) is 5.74. The molecule has 21 heavy (non-hydrogen) atoms. The predicted octanol–water partition coefficient (Wildman–Crippen LogP) is 2.66. The van der Waals surface area contributed by atoms with Crippen LogP contribution in [0.2, 0.25) is 0 Å². The number of hydrogen-bond donors (Lipinski definition) is 1. The summed E-state index contributed by atoms with van der Waals surface area (Å²) in [5, 5.41) is 4.00. The first-order chi connectivity index (χ1) is 10.1. The molecule has 1 aliphatic rings. The molecular weight excluding hydrogens is 324 g/mol. The molecule has 1 saturated carbocycles. The van der Waals surface area contributed by atoms with E-state index < -0.39 is 10.0 Å². The van der Waals surface area contributed by atoms with Gasteiger partial charge in [-0.05, 0) is 60.3 Å². The van der Waals surface area contributed by atoms with Gasteiger partial charge in [-0.3, -0.25) is 0 Å². The van der Waals surface area contributed by atoms with Crippen molar-refractivity contribution in [3.63, 3.8) is 0 Å². The highest BCUT2D eigenvalue weighted by Crippen LogP contribution is 2.35. The largest absolute Gasteiger partial charge is 0.330 e. The molecular formula is C14H18N2O2S3. The summed E-state index contributed by atoms with van der Waals surface area (Å²) in [5.41, 5.74) is 6.60. The maximum atomic E-state index is 12.9. The molecule has 0 atom stereocenters. The third-order valence-electron chi connectivity index (χ3n) is 3.46. The molecule has 0 saturated heterocycles. The van der Waals surface area contributed by atoms with Gasteiger partial charge in [-0.2, -0.15) is 15.6 Å². The van der Waals surface area contributed by atoms with Gasteiger partial charge in [0, 0.05) is 17.5 Å². The van der Waals surface area contributed by atoms with E-state index in [1.165, 1.54) is 11.3 Å². The molecule has 0 aliphatic heterocycles. The van der Waals surface area contributed by atoms with Gasteiger partial charge in [-0.25, -0.2) is 8.42 Å². The average Bonchev–Trinajstić information content (AvgIpc) is 2.96. The van der Waals surface area contributed by atoms with E-state index in [2.05, 4.69) is 0 Å². The van der Waals surface area contributed by atoms with Crippen LogP contribution < -0.4 is 5.73 Å². The minimum Gasteiger partial charge on any atom is -0.330 e. The van der Waals surface area contributed by atoms with Gasteiger partial charge in [0.2, 0.25) is 0 Å². The van der Waals surface area contributed by atoms with Gasteiger partial charge in [0.15, 0.2) is 0 Å². The predicted molar refractivity (Wildman–Crippen MR) is 87.1 cm³/mol. The van der Waals surface area contributed by atoms with Crippen molar-refractivity contribution >= 4 is 32.7 Å². The molecule has 0 bridgehead atoms. The molecule has 0 amide bonds. The van der Waals surface area contributed by atoms with Crippen LogP contribution in [0.25, 0.3) is 0 Å². The zero-order chi connectivity index (χ0) is 14.9. The van der Waals surface area contributed by atoms with Crippen molar-refractivity contribution in [1.82, 2.24) is 4.31 Å². The van der Waals surface area contributed by atoms with Gasteiger partial charge in [-0.15, -0.1) is 11.3 Å². The van der Waals surface area contributed by atoms with Crippen LogP contribution in [-0.2, 0) is 23.0 Å². The Hall–Kier alpha value is -0.730. The molecule has 114 valence electrons. The van der Waals surface area contributed by atoms with Crippen molar-refractivity contribution in [1.29, 1.82) is 0 Å². The van der Waals surface area contributed by atoms with E-state index in [1.807, 2.05) is 22.9 Å². The summed E-state index contributed by atoms with van der Waals surface area (Å²) in [6.07, 6.45) is 2.66. The molecule has 1 aliphatic carbocycles. The van der Waals surface area contributed by atoms with Crippen LogP contribution in [0.1, 0.15) is 23.3 Å². The number of thiophene rings is 2. The van der Waals surface area contributed by atoms with E-state index in [4.69, 9.17) is 5.73 Å². The molecule has 3 rings (SSSR count). The Labute approximate surface area is 133 Å². The second-order valence-corrected chi connectivity index (χ2v) is 9.24. The van der Waals surface area contributed by atoms with Crippen LogP contribution in [0.5, 0.6) is 0 Å².